The number of carbonyl (C=O) groups is 1. The number of piperidine rings is 1. The molecule has 0 aromatic rings. The zero-order valence-corrected chi connectivity index (χ0v) is 14.9. The zero-order valence-electron chi connectivity index (χ0n) is 14.9. The molecule has 3 heteroatoms. The smallest absolute Gasteiger partial charge is 0.223 e. The van der Waals surface area contributed by atoms with Crippen molar-refractivity contribution in [2.45, 2.75) is 66.3 Å². The highest BCUT2D eigenvalue weighted by molar-refractivity contribution is 5.76. The Labute approximate surface area is 132 Å². The van der Waals surface area contributed by atoms with Gasteiger partial charge in [0.05, 0.1) is 0 Å². The third-order valence-electron chi connectivity index (χ3n) is 3.79. The van der Waals surface area contributed by atoms with Gasteiger partial charge in [0.25, 0.3) is 0 Å². The Morgan fingerprint density at radius 1 is 1.29 bits per heavy atom. The maximum Gasteiger partial charge on any atom is 0.223 e. The summed E-state index contributed by atoms with van der Waals surface area (Å²) in [5.74, 6) is 6.86. The van der Waals surface area contributed by atoms with Crippen molar-refractivity contribution in [2.24, 2.45) is 5.92 Å². The van der Waals surface area contributed by atoms with Gasteiger partial charge in [-0.1, -0.05) is 34.6 Å². The number of amides is 1. The molecule has 0 aromatic heterocycles. The van der Waals surface area contributed by atoms with Crippen LogP contribution in [0.4, 0.5) is 0 Å². The molecular formula is C18H34N2O. The van der Waals surface area contributed by atoms with Crippen molar-refractivity contribution >= 4 is 5.91 Å². The summed E-state index contributed by atoms with van der Waals surface area (Å²) >= 11 is 0. The second kappa shape index (κ2) is 11.6. The Kier molecular flexibility index (Phi) is 11.1. The Hall–Kier alpha value is -1.01. The summed E-state index contributed by atoms with van der Waals surface area (Å²) in [5.41, 5.74) is 0. The molecule has 0 N–H and O–H groups in total. The van der Waals surface area contributed by atoms with Crippen LogP contribution in [0.3, 0.4) is 0 Å². The minimum Gasteiger partial charge on any atom is -0.343 e. The molecule has 1 aliphatic heterocycles. The first kappa shape index (κ1) is 20.0. The van der Waals surface area contributed by atoms with Crippen LogP contribution < -0.4 is 0 Å². The summed E-state index contributed by atoms with van der Waals surface area (Å²) in [7, 11) is 2.17. The van der Waals surface area contributed by atoms with Gasteiger partial charge in [-0.25, -0.2) is 0 Å². The second-order valence-electron chi connectivity index (χ2n) is 5.66. The highest BCUT2D eigenvalue weighted by atomic mass is 16.2. The van der Waals surface area contributed by atoms with Crippen molar-refractivity contribution in [3.8, 4) is 11.8 Å². The molecule has 122 valence electrons. The lowest BCUT2D eigenvalue weighted by Crippen LogP contribution is -2.45. The second-order valence-corrected chi connectivity index (χ2v) is 5.66. The Balaban J connectivity index is 0.00000191. The van der Waals surface area contributed by atoms with E-state index in [-0.39, 0.29) is 5.91 Å². The maximum atomic E-state index is 12.0. The molecule has 0 radical (unpaired) electrons. The molecule has 1 rings (SSSR count). The molecule has 0 bridgehead atoms. The summed E-state index contributed by atoms with van der Waals surface area (Å²) in [6.45, 7) is 13.2. The highest BCUT2D eigenvalue weighted by Crippen LogP contribution is 2.16. The first-order valence-corrected chi connectivity index (χ1v) is 8.51. The predicted molar refractivity (Wildman–Crippen MR) is 91.1 cm³/mol. The fraction of sp³-hybridized carbons (Fsp3) is 0.833. The van der Waals surface area contributed by atoms with E-state index in [0.717, 1.165) is 32.5 Å². The number of hydrogen-bond donors (Lipinski definition) is 0. The van der Waals surface area contributed by atoms with Gasteiger partial charge in [-0.2, -0.15) is 0 Å². The summed E-state index contributed by atoms with van der Waals surface area (Å²) in [6.07, 6.45) is 3.49. The van der Waals surface area contributed by atoms with E-state index in [9.17, 15) is 4.79 Å². The first-order chi connectivity index (χ1) is 10.0. The van der Waals surface area contributed by atoms with Crippen LogP contribution in [-0.2, 0) is 4.79 Å². The normalized spacial score (nSPS) is 15.3. The number of hydrogen-bond acceptors (Lipinski definition) is 2. The quantitative estimate of drug-likeness (QED) is 0.742. The summed E-state index contributed by atoms with van der Waals surface area (Å²) < 4.78 is 0. The van der Waals surface area contributed by atoms with Crippen LogP contribution in [0, 0.1) is 17.8 Å². The Morgan fingerprint density at radius 3 is 2.33 bits per heavy atom. The van der Waals surface area contributed by atoms with E-state index < -0.39 is 0 Å². The van der Waals surface area contributed by atoms with E-state index >= 15 is 0 Å². The first-order valence-electron chi connectivity index (χ1n) is 8.51. The lowest BCUT2D eigenvalue weighted by Gasteiger charge is -2.36. The molecule has 3 nitrogen and oxygen atoms in total. The minimum atomic E-state index is 0.274. The molecule has 0 atom stereocenters. The fourth-order valence-corrected chi connectivity index (χ4v) is 2.42. The van der Waals surface area contributed by atoms with Gasteiger partial charge in [0.2, 0.25) is 5.91 Å². The van der Waals surface area contributed by atoms with Gasteiger partial charge in [0.1, 0.15) is 0 Å². The van der Waals surface area contributed by atoms with Gasteiger partial charge in [-0.05, 0) is 26.4 Å². The van der Waals surface area contributed by atoms with E-state index in [1.54, 1.807) is 0 Å². The largest absolute Gasteiger partial charge is 0.343 e. The van der Waals surface area contributed by atoms with Gasteiger partial charge in [0, 0.05) is 37.9 Å². The van der Waals surface area contributed by atoms with Crippen molar-refractivity contribution in [3.05, 3.63) is 0 Å². The number of likely N-dealkylation sites (tertiary alicyclic amines) is 1. The third kappa shape index (κ3) is 8.12. The van der Waals surface area contributed by atoms with Crippen LogP contribution in [-0.4, -0.2) is 48.4 Å². The molecule has 1 amide bonds. The van der Waals surface area contributed by atoms with E-state index in [0.29, 0.717) is 24.8 Å². The number of carbonyl (C=O) groups excluding carboxylic acids is 1. The number of rotatable bonds is 4. The Morgan fingerprint density at radius 2 is 1.86 bits per heavy atom. The van der Waals surface area contributed by atoms with Crippen molar-refractivity contribution in [1.29, 1.82) is 0 Å². The van der Waals surface area contributed by atoms with Gasteiger partial charge >= 0.3 is 0 Å². The van der Waals surface area contributed by atoms with Crippen LogP contribution in [0.5, 0.6) is 0 Å². The summed E-state index contributed by atoms with van der Waals surface area (Å²) in [5, 5.41) is 0. The summed E-state index contributed by atoms with van der Waals surface area (Å²) in [4.78, 5) is 16.4. The molecule has 0 aromatic carbocycles. The Bertz CT molecular complexity index is 333. The van der Waals surface area contributed by atoms with Crippen LogP contribution in [0.2, 0.25) is 0 Å². The average Bonchev–Trinajstić information content (AvgIpc) is 2.52. The predicted octanol–water partition coefficient (Wildman–Crippen LogP) is 3.39. The van der Waals surface area contributed by atoms with E-state index in [4.69, 9.17) is 0 Å². The molecule has 1 fully saturated rings. The van der Waals surface area contributed by atoms with Gasteiger partial charge in [-0.3, -0.25) is 4.79 Å². The van der Waals surface area contributed by atoms with Crippen LogP contribution in [0.1, 0.15) is 60.3 Å². The lowest BCUT2D eigenvalue weighted by atomic mass is 10.0. The highest BCUT2D eigenvalue weighted by Gasteiger charge is 2.23. The standard InChI is InChI=1S/C16H28N2O.C2H6/c1-5-17(4)15-10-12-18(13-11-15)16(19)9-7-6-8-14(2)3;1-2/h14-15H,5,7,9-13H2,1-4H3;1-2H3. The van der Waals surface area contributed by atoms with Crippen LogP contribution >= 0.6 is 0 Å². The van der Waals surface area contributed by atoms with Gasteiger partial charge in [0.15, 0.2) is 0 Å². The SMILES string of the molecule is CC.CCN(C)C1CCN(C(=O)CCC#CC(C)C)CC1. The van der Waals surface area contributed by atoms with Crippen molar-refractivity contribution in [1.82, 2.24) is 9.80 Å². The molecule has 0 saturated carbocycles. The zero-order chi connectivity index (χ0) is 16.3. The molecular weight excluding hydrogens is 260 g/mol. The third-order valence-corrected chi connectivity index (χ3v) is 3.79. The summed E-state index contributed by atoms with van der Waals surface area (Å²) in [6, 6.07) is 0.648. The molecule has 0 unspecified atom stereocenters. The topological polar surface area (TPSA) is 23.6 Å². The maximum absolute atomic E-state index is 12.0. The molecule has 1 saturated heterocycles. The van der Waals surface area contributed by atoms with Crippen LogP contribution in [0.15, 0.2) is 0 Å². The van der Waals surface area contributed by atoms with Crippen molar-refractivity contribution in [2.75, 3.05) is 26.7 Å². The van der Waals surface area contributed by atoms with Gasteiger partial charge in [-0.15, -0.1) is 11.8 Å². The van der Waals surface area contributed by atoms with Crippen molar-refractivity contribution < 1.29 is 4.79 Å². The molecule has 1 aliphatic rings. The minimum absolute atomic E-state index is 0.274. The van der Waals surface area contributed by atoms with E-state index in [2.05, 4.69) is 44.6 Å². The molecule has 0 spiro atoms. The fourth-order valence-electron chi connectivity index (χ4n) is 2.42. The van der Waals surface area contributed by atoms with Crippen molar-refractivity contribution in [3.63, 3.8) is 0 Å². The average molecular weight is 294 g/mol. The monoisotopic (exact) mass is 294 g/mol. The molecule has 0 aliphatic carbocycles. The van der Waals surface area contributed by atoms with E-state index in [1.165, 1.54) is 0 Å². The lowest BCUT2D eigenvalue weighted by molar-refractivity contribution is -0.132. The van der Waals surface area contributed by atoms with Crippen LogP contribution in [0.25, 0.3) is 0 Å². The van der Waals surface area contributed by atoms with Gasteiger partial charge < -0.3 is 9.80 Å². The van der Waals surface area contributed by atoms with E-state index in [1.807, 2.05) is 18.7 Å². The number of nitrogens with zero attached hydrogens (tertiary/aromatic N) is 2. The molecule has 1 heterocycles. The molecule has 21 heavy (non-hydrogen) atoms.